The highest BCUT2D eigenvalue weighted by molar-refractivity contribution is 5.35. The maximum atomic E-state index is 12.0. The average Bonchev–Trinajstić information content (AvgIpc) is 2.70. The number of fused-ring (bicyclic) bond motifs is 1. The minimum atomic E-state index is -0.168. The second-order valence-corrected chi connectivity index (χ2v) is 4.04. The topological polar surface area (TPSA) is 59.5 Å². The Morgan fingerprint density at radius 2 is 1.89 bits per heavy atom. The van der Waals surface area contributed by atoms with Gasteiger partial charge in [-0.2, -0.15) is 0 Å². The van der Waals surface area contributed by atoms with Crippen LogP contribution in [0.4, 0.5) is 0 Å². The largest absolute Gasteiger partial charge is 0.508 e. The number of hydrogen-bond acceptors (Lipinski definition) is 3. The van der Waals surface area contributed by atoms with Gasteiger partial charge in [0, 0.05) is 6.20 Å². The Hall–Kier alpha value is -2.56. The molecule has 3 aromatic rings. The van der Waals surface area contributed by atoms with E-state index < -0.39 is 0 Å². The number of aromatic nitrogens is 3. The molecule has 0 aliphatic heterocycles. The van der Waals surface area contributed by atoms with Crippen LogP contribution in [0.5, 0.6) is 5.75 Å². The molecule has 90 valence electrons. The molecule has 0 spiro atoms. The van der Waals surface area contributed by atoms with E-state index in [1.54, 1.807) is 42.6 Å². The molecule has 2 heterocycles. The van der Waals surface area contributed by atoms with E-state index in [9.17, 15) is 9.90 Å². The minimum Gasteiger partial charge on any atom is -0.508 e. The third-order valence-electron chi connectivity index (χ3n) is 2.76. The van der Waals surface area contributed by atoms with E-state index in [0.29, 0.717) is 12.2 Å². The van der Waals surface area contributed by atoms with Crippen molar-refractivity contribution < 1.29 is 5.11 Å². The lowest BCUT2D eigenvalue weighted by atomic mass is 10.2. The summed E-state index contributed by atoms with van der Waals surface area (Å²) in [7, 11) is 0. The molecule has 2 aromatic heterocycles. The zero-order valence-corrected chi connectivity index (χ0v) is 9.52. The Morgan fingerprint density at radius 1 is 1.11 bits per heavy atom. The van der Waals surface area contributed by atoms with E-state index in [4.69, 9.17) is 0 Å². The van der Waals surface area contributed by atoms with Crippen LogP contribution in [-0.4, -0.2) is 19.3 Å². The molecule has 0 aliphatic carbocycles. The Labute approximate surface area is 103 Å². The van der Waals surface area contributed by atoms with Crippen molar-refractivity contribution >= 4 is 5.65 Å². The van der Waals surface area contributed by atoms with Gasteiger partial charge in [-0.15, -0.1) is 5.10 Å². The van der Waals surface area contributed by atoms with Gasteiger partial charge >= 0.3 is 5.69 Å². The quantitative estimate of drug-likeness (QED) is 0.734. The molecule has 0 saturated heterocycles. The van der Waals surface area contributed by atoms with Crippen molar-refractivity contribution in [1.82, 2.24) is 14.2 Å². The van der Waals surface area contributed by atoms with E-state index in [2.05, 4.69) is 5.10 Å². The summed E-state index contributed by atoms with van der Waals surface area (Å²) in [5.41, 5.74) is 1.37. The summed E-state index contributed by atoms with van der Waals surface area (Å²) in [4.78, 5) is 12.0. The van der Waals surface area contributed by atoms with Crippen LogP contribution in [0.15, 0.2) is 53.5 Å². The molecule has 0 unspecified atom stereocenters. The van der Waals surface area contributed by atoms with Crippen molar-refractivity contribution in [3.63, 3.8) is 0 Å². The summed E-state index contributed by atoms with van der Waals surface area (Å²) in [6, 6.07) is 12.1. The van der Waals surface area contributed by atoms with Crippen LogP contribution in [0, 0.1) is 0 Å². The molecular weight excluding hydrogens is 230 g/mol. The fourth-order valence-corrected chi connectivity index (χ4v) is 1.85. The van der Waals surface area contributed by atoms with Crippen LogP contribution in [-0.2, 0) is 6.54 Å². The predicted molar refractivity (Wildman–Crippen MR) is 66.7 cm³/mol. The number of benzene rings is 1. The van der Waals surface area contributed by atoms with Crippen molar-refractivity contribution in [3.05, 3.63) is 64.7 Å². The normalized spacial score (nSPS) is 10.9. The molecular formula is C13H11N3O2. The van der Waals surface area contributed by atoms with Gasteiger partial charge in [0.15, 0.2) is 5.65 Å². The Balaban J connectivity index is 2.02. The first-order valence-corrected chi connectivity index (χ1v) is 5.56. The maximum absolute atomic E-state index is 12.0. The van der Waals surface area contributed by atoms with Crippen molar-refractivity contribution in [1.29, 1.82) is 0 Å². The Bertz CT molecular complexity index is 741. The van der Waals surface area contributed by atoms with Crippen LogP contribution in [0.2, 0.25) is 0 Å². The first-order valence-electron chi connectivity index (χ1n) is 5.56. The fraction of sp³-hybridized carbons (Fsp3) is 0.0769. The van der Waals surface area contributed by atoms with E-state index >= 15 is 0 Å². The molecule has 1 aromatic carbocycles. The van der Waals surface area contributed by atoms with Gasteiger partial charge in [0.25, 0.3) is 0 Å². The number of phenolic OH excluding ortho intramolecular Hbond substituents is 1. The first kappa shape index (κ1) is 10.6. The molecule has 3 rings (SSSR count). The van der Waals surface area contributed by atoms with Crippen LogP contribution < -0.4 is 5.69 Å². The molecule has 0 radical (unpaired) electrons. The van der Waals surface area contributed by atoms with Crippen molar-refractivity contribution in [2.24, 2.45) is 0 Å². The molecule has 0 amide bonds. The number of phenols is 1. The maximum Gasteiger partial charge on any atom is 0.350 e. The lowest BCUT2D eigenvalue weighted by molar-refractivity contribution is 0.475. The molecule has 0 aliphatic rings. The summed E-state index contributed by atoms with van der Waals surface area (Å²) in [5.74, 6) is 0.209. The molecule has 5 heteroatoms. The second kappa shape index (κ2) is 4.03. The van der Waals surface area contributed by atoms with E-state index in [0.717, 1.165) is 5.56 Å². The van der Waals surface area contributed by atoms with Gasteiger partial charge < -0.3 is 5.11 Å². The highest BCUT2D eigenvalue weighted by Gasteiger charge is 2.06. The first-order chi connectivity index (χ1) is 8.74. The number of pyridine rings is 1. The summed E-state index contributed by atoms with van der Waals surface area (Å²) in [6.45, 7) is 0.390. The van der Waals surface area contributed by atoms with Crippen molar-refractivity contribution in [2.75, 3.05) is 0 Å². The number of nitrogens with zero attached hydrogens (tertiary/aromatic N) is 3. The van der Waals surface area contributed by atoms with Gasteiger partial charge in [-0.3, -0.25) is 4.40 Å². The second-order valence-electron chi connectivity index (χ2n) is 4.04. The fourth-order valence-electron chi connectivity index (χ4n) is 1.85. The van der Waals surface area contributed by atoms with Gasteiger partial charge in [-0.1, -0.05) is 18.2 Å². The molecule has 18 heavy (non-hydrogen) atoms. The van der Waals surface area contributed by atoms with Gasteiger partial charge in [0.1, 0.15) is 5.75 Å². The van der Waals surface area contributed by atoms with Gasteiger partial charge in [-0.05, 0) is 29.8 Å². The minimum absolute atomic E-state index is 0.168. The molecule has 0 fully saturated rings. The van der Waals surface area contributed by atoms with E-state index in [1.807, 2.05) is 6.07 Å². The molecule has 0 bridgehead atoms. The molecule has 1 N–H and O–H groups in total. The monoisotopic (exact) mass is 241 g/mol. The van der Waals surface area contributed by atoms with Gasteiger partial charge in [-0.25, -0.2) is 9.48 Å². The third kappa shape index (κ3) is 1.75. The van der Waals surface area contributed by atoms with Crippen molar-refractivity contribution in [2.45, 2.75) is 6.54 Å². The highest BCUT2D eigenvalue weighted by Crippen LogP contribution is 2.10. The zero-order chi connectivity index (χ0) is 12.5. The standard InChI is InChI=1S/C13H11N3O2/c17-11-6-4-10(5-7-11)9-16-13(18)15-8-2-1-3-12(15)14-16/h1-8,17H,9H2. The van der Waals surface area contributed by atoms with E-state index in [1.165, 1.54) is 9.08 Å². The molecule has 5 nitrogen and oxygen atoms in total. The van der Waals surface area contributed by atoms with E-state index in [-0.39, 0.29) is 11.4 Å². The van der Waals surface area contributed by atoms with Gasteiger partial charge in [0.2, 0.25) is 0 Å². The van der Waals surface area contributed by atoms with Crippen LogP contribution in [0.3, 0.4) is 0 Å². The summed E-state index contributed by atoms with van der Waals surface area (Å²) in [5, 5.41) is 13.4. The molecule has 0 atom stereocenters. The lowest BCUT2D eigenvalue weighted by Gasteiger charge is -1.99. The smallest absolute Gasteiger partial charge is 0.350 e. The van der Waals surface area contributed by atoms with Crippen LogP contribution in [0.25, 0.3) is 5.65 Å². The molecule has 0 saturated carbocycles. The number of hydrogen-bond donors (Lipinski definition) is 1. The lowest BCUT2D eigenvalue weighted by Crippen LogP contribution is -2.21. The SMILES string of the molecule is O=c1n(Cc2ccc(O)cc2)nc2ccccn12. The summed E-state index contributed by atoms with van der Waals surface area (Å²) in [6.07, 6.45) is 1.69. The summed E-state index contributed by atoms with van der Waals surface area (Å²) < 4.78 is 2.90. The zero-order valence-electron chi connectivity index (χ0n) is 9.52. The van der Waals surface area contributed by atoms with Crippen LogP contribution in [0.1, 0.15) is 5.56 Å². The third-order valence-corrected chi connectivity index (χ3v) is 2.76. The Morgan fingerprint density at radius 3 is 2.61 bits per heavy atom. The van der Waals surface area contributed by atoms with Crippen LogP contribution >= 0.6 is 0 Å². The number of aromatic hydroxyl groups is 1. The summed E-state index contributed by atoms with van der Waals surface area (Å²) >= 11 is 0. The van der Waals surface area contributed by atoms with Gasteiger partial charge in [0.05, 0.1) is 6.54 Å². The average molecular weight is 241 g/mol. The highest BCUT2D eigenvalue weighted by atomic mass is 16.3. The predicted octanol–water partition coefficient (Wildman–Crippen LogP) is 1.25. The van der Waals surface area contributed by atoms with Crippen molar-refractivity contribution in [3.8, 4) is 5.75 Å². The number of rotatable bonds is 2. The Kier molecular flexibility index (Phi) is 2.37.